The van der Waals surface area contributed by atoms with E-state index in [0.29, 0.717) is 11.6 Å². The number of aromatic nitrogens is 6. The first kappa shape index (κ1) is 43.6. The fourth-order valence-corrected chi connectivity index (χ4v) is 14.5. The van der Waals surface area contributed by atoms with Gasteiger partial charge in [-0.15, -0.1) is 0 Å². The van der Waals surface area contributed by atoms with Crippen LogP contribution < -0.4 is 0 Å². The highest BCUT2D eigenvalue weighted by atomic mass is 16.3. The predicted octanol–water partition coefficient (Wildman–Crippen LogP) is 17.9. The van der Waals surface area contributed by atoms with E-state index in [1.54, 1.807) is 0 Å². The topological polar surface area (TPSA) is 66.6 Å². The fraction of sp³-hybridized carbons (Fsp3) is 0.113. The zero-order valence-corrected chi connectivity index (χ0v) is 43.5. The summed E-state index contributed by atoms with van der Waals surface area (Å²) in [6.07, 6.45) is 4.78. The summed E-state index contributed by atoms with van der Waals surface area (Å²) in [7, 11) is 0. The Morgan fingerprint density at radius 1 is 0.436 bits per heavy atom. The molecule has 0 saturated heterocycles. The van der Waals surface area contributed by atoms with Crippen molar-refractivity contribution in [3.8, 4) is 51.0 Å². The summed E-state index contributed by atoms with van der Waals surface area (Å²) in [4.78, 5) is 16.2. The molecule has 17 rings (SSSR count). The second-order valence-corrected chi connectivity index (χ2v) is 22.1. The number of fused-ring (bicyclic) bond motifs is 15. The standard InChI is InChI=1S/C71H50N6O/c1-40-35-36-71(4)64-42(3)65-63(41(2)62(40)64)55-38-45(30-33-60(55)77(65)61-28-16-24-51-50-23-15-25-52(66(50)78-67(51)61)69-72-68(73-70(71)74-69)43-17-7-5-8-18-43)44-29-32-58-53(37-44)54-39-47(31-34-59(54)75(58)46-19-9-6-10-20-46)76-56-26-13-11-21-48(56)49-22-12-14-27-57(49)76/h5-42H,1-4H3. The maximum atomic E-state index is 7.25. The van der Waals surface area contributed by atoms with Crippen molar-refractivity contribution in [2.24, 2.45) is 5.92 Å². The minimum Gasteiger partial charge on any atom is -0.453 e. The lowest BCUT2D eigenvalue weighted by molar-refractivity contribution is 0.512. The zero-order chi connectivity index (χ0) is 51.7. The molecule has 0 radical (unpaired) electrons. The van der Waals surface area contributed by atoms with Gasteiger partial charge in [-0.2, -0.15) is 0 Å². The quantitative estimate of drug-likeness (QED) is 0.165. The molecular formula is C71H50N6O. The third-order valence-electron chi connectivity index (χ3n) is 17.9. The average Bonchev–Trinajstić information content (AvgIpc) is 4.40. The van der Waals surface area contributed by atoms with Gasteiger partial charge in [0.1, 0.15) is 11.4 Å². The number of hydrogen-bond acceptors (Lipinski definition) is 4. The maximum absolute atomic E-state index is 7.25. The van der Waals surface area contributed by atoms with Crippen LogP contribution in [0.2, 0.25) is 0 Å². The predicted molar refractivity (Wildman–Crippen MR) is 318 cm³/mol. The van der Waals surface area contributed by atoms with Crippen LogP contribution in [0.1, 0.15) is 56.6 Å². The summed E-state index contributed by atoms with van der Waals surface area (Å²) in [6.45, 7) is 9.55. The summed E-state index contributed by atoms with van der Waals surface area (Å²) >= 11 is 0. The summed E-state index contributed by atoms with van der Waals surface area (Å²) < 4.78 is 14.6. The van der Waals surface area contributed by atoms with Crippen molar-refractivity contribution in [1.29, 1.82) is 0 Å². The lowest BCUT2D eigenvalue weighted by Gasteiger charge is -2.44. The molecule has 14 aromatic rings. The van der Waals surface area contributed by atoms with Crippen LogP contribution in [0.3, 0.4) is 0 Å². The molecule has 0 amide bonds. The van der Waals surface area contributed by atoms with Crippen LogP contribution in [-0.4, -0.2) is 28.7 Å². The van der Waals surface area contributed by atoms with Gasteiger partial charge in [0.15, 0.2) is 17.2 Å². The van der Waals surface area contributed by atoms with Crippen LogP contribution in [0.25, 0.3) is 127 Å². The molecule has 9 aromatic carbocycles. The molecular weight excluding hydrogens is 953 g/mol. The molecule has 6 bridgehead atoms. The van der Waals surface area contributed by atoms with Crippen molar-refractivity contribution < 1.29 is 4.42 Å². The maximum Gasteiger partial charge on any atom is 0.167 e. The van der Waals surface area contributed by atoms with Gasteiger partial charge in [0.2, 0.25) is 0 Å². The van der Waals surface area contributed by atoms with Crippen LogP contribution >= 0.6 is 0 Å². The van der Waals surface area contributed by atoms with Crippen LogP contribution in [0.4, 0.5) is 0 Å². The van der Waals surface area contributed by atoms with Gasteiger partial charge in [0.25, 0.3) is 0 Å². The highest BCUT2D eigenvalue weighted by Gasteiger charge is 2.47. The SMILES string of the molecule is CC1C=CC2(C)C3=C1C(C)c1c(n(c4ccc(-c5ccc6c(c5)c5cc(-n7c8ccccc8c8ccccc87)ccc5n6-c5ccccc5)cc14)-c1cccc4c1oc1c(cccc14)-c1nc(-c4ccccc4)nc2n1)C3C. The van der Waals surface area contributed by atoms with Crippen molar-refractivity contribution >= 4 is 76.5 Å². The van der Waals surface area contributed by atoms with Gasteiger partial charge in [-0.3, -0.25) is 0 Å². The van der Waals surface area contributed by atoms with Gasteiger partial charge in [-0.25, -0.2) is 15.0 Å². The van der Waals surface area contributed by atoms with Crippen LogP contribution in [0, 0.1) is 5.92 Å². The van der Waals surface area contributed by atoms with Gasteiger partial charge in [0.05, 0.1) is 44.2 Å². The smallest absolute Gasteiger partial charge is 0.167 e. The van der Waals surface area contributed by atoms with E-state index in [1.807, 2.05) is 6.07 Å². The summed E-state index contributed by atoms with van der Waals surface area (Å²) in [5, 5.41) is 8.28. The molecule has 4 atom stereocenters. The normalized spacial score (nSPS) is 18.6. The Morgan fingerprint density at radius 3 is 1.76 bits per heavy atom. The Bertz CT molecular complexity index is 4940. The molecule has 0 spiro atoms. The van der Waals surface area contributed by atoms with E-state index in [0.717, 1.165) is 61.5 Å². The van der Waals surface area contributed by atoms with Gasteiger partial charge >= 0.3 is 0 Å². The van der Waals surface area contributed by atoms with Crippen molar-refractivity contribution in [3.63, 3.8) is 0 Å². The van der Waals surface area contributed by atoms with Gasteiger partial charge < -0.3 is 18.1 Å². The molecule has 3 aliphatic rings. The number of nitrogens with zero attached hydrogens (tertiary/aromatic N) is 6. The molecule has 4 unspecified atom stereocenters. The Hall–Kier alpha value is -9.59. The van der Waals surface area contributed by atoms with E-state index >= 15 is 0 Å². The molecule has 370 valence electrons. The molecule has 0 N–H and O–H groups in total. The lowest BCUT2D eigenvalue weighted by Crippen LogP contribution is -2.37. The number of hydrogen-bond donors (Lipinski definition) is 0. The van der Waals surface area contributed by atoms with Gasteiger partial charge in [-0.05, 0) is 114 Å². The molecule has 0 fully saturated rings. The minimum absolute atomic E-state index is 0.0169. The molecule has 5 aromatic heterocycles. The first-order chi connectivity index (χ1) is 38.3. The van der Waals surface area contributed by atoms with Crippen LogP contribution in [0.5, 0.6) is 0 Å². The Kier molecular flexibility index (Phi) is 8.81. The second-order valence-electron chi connectivity index (χ2n) is 22.1. The summed E-state index contributed by atoms with van der Waals surface area (Å²) in [5.41, 5.74) is 19.8. The number of allylic oxidation sites excluding steroid dienone is 4. The van der Waals surface area contributed by atoms with Gasteiger partial charge in [0, 0.05) is 72.2 Å². The summed E-state index contributed by atoms with van der Waals surface area (Å²) in [5.74, 6) is 2.27. The van der Waals surface area contributed by atoms with E-state index in [2.05, 4.69) is 248 Å². The first-order valence-corrected chi connectivity index (χ1v) is 27.3. The van der Waals surface area contributed by atoms with Crippen molar-refractivity contribution in [2.45, 2.75) is 44.9 Å². The number of benzene rings is 9. The third kappa shape index (κ3) is 5.80. The first-order valence-electron chi connectivity index (χ1n) is 27.3. The molecule has 2 aliphatic carbocycles. The number of para-hydroxylation sites is 5. The highest BCUT2D eigenvalue weighted by Crippen LogP contribution is 2.58. The monoisotopic (exact) mass is 1000 g/mol. The van der Waals surface area contributed by atoms with Crippen molar-refractivity contribution in [1.82, 2.24) is 28.7 Å². The average molecular weight is 1000 g/mol. The third-order valence-corrected chi connectivity index (χ3v) is 17.9. The Balaban J connectivity index is 0.919. The van der Waals surface area contributed by atoms with Crippen LogP contribution in [0.15, 0.2) is 228 Å². The molecule has 7 nitrogen and oxygen atoms in total. The van der Waals surface area contributed by atoms with Gasteiger partial charge in [-0.1, -0.05) is 160 Å². The largest absolute Gasteiger partial charge is 0.453 e. The van der Waals surface area contributed by atoms with E-state index in [4.69, 9.17) is 19.4 Å². The van der Waals surface area contributed by atoms with Crippen molar-refractivity contribution in [2.75, 3.05) is 0 Å². The fourth-order valence-electron chi connectivity index (χ4n) is 14.5. The van der Waals surface area contributed by atoms with Crippen LogP contribution in [-0.2, 0) is 5.41 Å². The number of rotatable bonds is 4. The van der Waals surface area contributed by atoms with E-state index in [1.165, 1.54) is 82.5 Å². The van der Waals surface area contributed by atoms with E-state index < -0.39 is 5.41 Å². The Labute approximate surface area is 449 Å². The number of furan rings is 1. The lowest BCUT2D eigenvalue weighted by atomic mass is 9.60. The molecule has 7 heteroatoms. The molecule has 6 heterocycles. The van der Waals surface area contributed by atoms with E-state index in [-0.39, 0.29) is 17.8 Å². The second kappa shape index (κ2) is 15.7. The Morgan fingerprint density at radius 2 is 1.01 bits per heavy atom. The minimum atomic E-state index is -0.641. The van der Waals surface area contributed by atoms with E-state index in [9.17, 15) is 0 Å². The highest BCUT2D eigenvalue weighted by molar-refractivity contribution is 6.14. The molecule has 78 heavy (non-hydrogen) atoms. The zero-order valence-electron chi connectivity index (χ0n) is 43.5. The van der Waals surface area contributed by atoms with Crippen molar-refractivity contribution in [3.05, 3.63) is 241 Å². The molecule has 1 aliphatic heterocycles. The molecule has 0 saturated carbocycles. The summed E-state index contributed by atoms with van der Waals surface area (Å²) in [6, 6.07) is 72.9.